The van der Waals surface area contributed by atoms with Crippen molar-refractivity contribution in [2.45, 2.75) is 20.8 Å². The third-order valence-electron chi connectivity index (χ3n) is 6.27. The molecule has 1 heterocycles. The van der Waals surface area contributed by atoms with Gasteiger partial charge in [-0.1, -0.05) is 29.8 Å². The summed E-state index contributed by atoms with van der Waals surface area (Å²) in [7, 11) is 1.45. The molecule has 11 heteroatoms. The lowest BCUT2D eigenvalue weighted by atomic mass is 10.1. The number of imide groups is 1. The maximum Gasteiger partial charge on any atom is 0.294 e. The van der Waals surface area contributed by atoms with Crippen LogP contribution in [-0.4, -0.2) is 48.1 Å². The number of halogens is 1. The van der Waals surface area contributed by atoms with Crippen molar-refractivity contribution in [1.82, 2.24) is 4.90 Å². The van der Waals surface area contributed by atoms with E-state index in [4.69, 9.17) is 21.1 Å². The summed E-state index contributed by atoms with van der Waals surface area (Å²) < 4.78 is 11.1. The van der Waals surface area contributed by atoms with E-state index in [-0.39, 0.29) is 17.4 Å². The van der Waals surface area contributed by atoms with Gasteiger partial charge in [0, 0.05) is 16.4 Å². The standard InChI is InChI=1S/C30H28ClN3O6S/c1-17-5-8-21(11-19(17)3)33-28(36)16-40-24-10-7-20(12-25(24)39-4)13-26-29(37)34(30(38)41-26)15-27(35)32-22-9-6-18(2)23(31)14-22/h5-14H,15-16H2,1-4H3,(H,32,35)(H,33,36)/b26-13+. The molecule has 0 saturated carbocycles. The Morgan fingerprint density at radius 3 is 2.24 bits per heavy atom. The Kier molecular flexibility index (Phi) is 9.36. The van der Waals surface area contributed by atoms with Gasteiger partial charge < -0.3 is 20.1 Å². The molecule has 3 aromatic carbocycles. The van der Waals surface area contributed by atoms with Crippen LogP contribution < -0.4 is 20.1 Å². The first-order valence-corrected chi connectivity index (χ1v) is 13.7. The monoisotopic (exact) mass is 593 g/mol. The van der Waals surface area contributed by atoms with Gasteiger partial charge in [-0.15, -0.1) is 0 Å². The summed E-state index contributed by atoms with van der Waals surface area (Å²) in [6.07, 6.45) is 1.53. The average Bonchev–Trinajstić information content (AvgIpc) is 3.19. The average molecular weight is 594 g/mol. The summed E-state index contributed by atoms with van der Waals surface area (Å²) in [6.45, 7) is 5.12. The number of amides is 4. The zero-order chi connectivity index (χ0) is 29.7. The normalized spacial score (nSPS) is 13.9. The maximum atomic E-state index is 12.9. The van der Waals surface area contributed by atoms with E-state index >= 15 is 0 Å². The SMILES string of the molecule is COc1cc(/C=C2/SC(=O)N(CC(=O)Nc3ccc(C)c(Cl)c3)C2=O)ccc1OCC(=O)Nc1ccc(C)c(C)c1. The molecule has 1 aliphatic rings. The van der Waals surface area contributed by atoms with Crippen LogP contribution in [0.15, 0.2) is 59.5 Å². The number of ether oxygens (including phenoxy) is 2. The van der Waals surface area contributed by atoms with Gasteiger partial charge in [-0.25, -0.2) is 0 Å². The van der Waals surface area contributed by atoms with Crippen LogP contribution in [0.25, 0.3) is 6.08 Å². The van der Waals surface area contributed by atoms with E-state index in [0.717, 1.165) is 33.4 Å². The van der Waals surface area contributed by atoms with E-state index in [1.807, 2.05) is 39.0 Å². The van der Waals surface area contributed by atoms with Crippen LogP contribution in [0.4, 0.5) is 16.2 Å². The van der Waals surface area contributed by atoms with Crippen LogP contribution >= 0.6 is 23.4 Å². The highest BCUT2D eigenvalue weighted by Gasteiger charge is 2.36. The van der Waals surface area contributed by atoms with Crippen molar-refractivity contribution in [3.8, 4) is 11.5 Å². The van der Waals surface area contributed by atoms with E-state index in [1.54, 1.807) is 36.4 Å². The number of carbonyl (C=O) groups is 4. The molecule has 1 aliphatic heterocycles. The summed E-state index contributed by atoms with van der Waals surface area (Å²) in [5.74, 6) is -0.769. The second-order valence-electron chi connectivity index (χ2n) is 9.33. The van der Waals surface area contributed by atoms with E-state index < -0.39 is 23.6 Å². The van der Waals surface area contributed by atoms with E-state index in [2.05, 4.69) is 10.6 Å². The number of carbonyl (C=O) groups excluding carboxylic acids is 4. The molecule has 2 N–H and O–H groups in total. The second-order valence-corrected chi connectivity index (χ2v) is 10.7. The fourth-order valence-corrected chi connectivity index (χ4v) is 4.87. The summed E-state index contributed by atoms with van der Waals surface area (Å²) in [5, 5.41) is 5.38. The van der Waals surface area contributed by atoms with Crippen molar-refractivity contribution in [3.63, 3.8) is 0 Å². The summed E-state index contributed by atoms with van der Waals surface area (Å²) >= 11 is 6.83. The highest BCUT2D eigenvalue weighted by molar-refractivity contribution is 8.18. The molecule has 0 atom stereocenters. The molecular formula is C30H28ClN3O6S. The fraction of sp³-hybridized carbons (Fsp3) is 0.200. The molecule has 1 fully saturated rings. The van der Waals surface area contributed by atoms with Crippen molar-refractivity contribution in [1.29, 1.82) is 0 Å². The molecule has 0 spiro atoms. The Labute approximate surface area is 246 Å². The molecule has 0 aromatic heterocycles. The third-order valence-corrected chi connectivity index (χ3v) is 7.58. The quantitative estimate of drug-likeness (QED) is 0.294. The number of nitrogens with one attached hydrogen (secondary N) is 2. The van der Waals surface area contributed by atoms with Crippen molar-refractivity contribution < 1.29 is 28.7 Å². The lowest BCUT2D eigenvalue weighted by Gasteiger charge is -2.13. The number of hydrogen-bond donors (Lipinski definition) is 2. The van der Waals surface area contributed by atoms with Gasteiger partial charge in [0.25, 0.3) is 17.1 Å². The minimum Gasteiger partial charge on any atom is -0.493 e. The van der Waals surface area contributed by atoms with Crippen LogP contribution in [-0.2, 0) is 14.4 Å². The van der Waals surface area contributed by atoms with Gasteiger partial charge in [-0.05, 0) is 97.3 Å². The molecular weight excluding hydrogens is 566 g/mol. The Bertz CT molecular complexity index is 1570. The fourth-order valence-electron chi connectivity index (χ4n) is 3.86. The van der Waals surface area contributed by atoms with Crippen LogP contribution in [0.5, 0.6) is 11.5 Å². The van der Waals surface area contributed by atoms with Gasteiger partial charge in [-0.3, -0.25) is 24.1 Å². The van der Waals surface area contributed by atoms with Crippen LogP contribution in [0.1, 0.15) is 22.3 Å². The first kappa shape index (κ1) is 29.7. The Balaban J connectivity index is 1.38. The van der Waals surface area contributed by atoms with Gasteiger partial charge in [0.1, 0.15) is 6.54 Å². The van der Waals surface area contributed by atoms with E-state index in [9.17, 15) is 19.2 Å². The van der Waals surface area contributed by atoms with Crippen molar-refractivity contribution in [2.75, 3.05) is 30.9 Å². The van der Waals surface area contributed by atoms with Crippen LogP contribution in [0.3, 0.4) is 0 Å². The predicted molar refractivity (Wildman–Crippen MR) is 161 cm³/mol. The number of nitrogens with zero attached hydrogens (tertiary/aromatic N) is 1. The van der Waals surface area contributed by atoms with Crippen LogP contribution in [0.2, 0.25) is 5.02 Å². The highest BCUT2D eigenvalue weighted by Crippen LogP contribution is 2.34. The summed E-state index contributed by atoms with van der Waals surface area (Å²) in [5.41, 5.74) is 4.76. The number of benzene rings is 3. The molecule has 0 bridgehead atoms. The zero-order valence-electron chi connectivity index (χ0n) is 22.9. The first-order chi connectivity index (χ1) is 19.5. The van der Waals surface area contributed by atoms with Crippen LogP contribution in [0, 0.1) is 20.8 Å². The molecule has 0 radical (unpaired) electrons. The van der Waals surface area contributed by atoms with Crippen molar-refractivity contribution in [2.24, 2.45) is 0 Å². The topological polar surface area (TPSA) is 114 Å². The molecule has 0 aliphatic carbocycles. The lowest BCUT2D eigenvalue weighted by molar-refractivity contribution is -0.127. The Morgan fingerprint density at radius 2 is 1.56 bits per heavy atom. The van der Waals surface area contributed by atoms with Gasteiger partial charge in [-0.2, -0.15) is 0 Å². The van der Waals surface area contributed by atoms with Gasteiger partial charge in [0.05, 0.1) is 12.0 Å². The van der Waals surface area contributed by atoms with Gasteiger partial charge in [0.15, 0.2) is 18.1 Å². The molecule has 212 valence electrons. The number of anilines is 2. The largest absolute Gasteiger partial charge is 0.493 e. The van der Waals surface area contributed by atoms with Crippen molar-refractivity contribution >= 4 is 63.8 Å². The third kappa shape index (κ3) is 7.47. The number of rotatable bonds is 9. The molecule has 41 heavy (non-hydrogen) atoms. The minimum absolute atomic E-state index is 0.157. The molecule has 0 unspecified atom stereocenters. The highest BCUT2D eigenvalue weighted by atomic mass is 35.5. The Hall–Kier alpha value is -4.28. The second kappa shape index (κ2) is 12.9. The van der Waals surface area contributed by atoms with E-state index in [1.165, 1.54) is 13.2 Å². The van der Waals surface area contributed by atoms with E-state index in [0.29, 0.717) is 33.5 Å². The molecule has 9 nitrogen and oxygen atoms in total. The molecule has 4 rings (SSSR count). The smallest absolute Gasteiger partial charge is 0.294 e. The first-order valence-electron chi connectivity index (χ1n) is 12.5. The predicted octanol–water partition coefficient (Wildman–Crippen LogP) is 5.97. The number of methoxy groups -OCH3 is 1. The molecule has 4 amide bonds. The number of thioether (sulfide) groups is 1. The number of aryl methyl sites for hydroxylation is 3. The minimum atomic E-state index is -0.584. The maximum absolute atomic E-state index is 12.9. The molecule has 3 aromatic rings. The zero-order valence-corrected chi connectivity index (χ0v) is 24.4. The Morgan fingerprint density at radius 1 is 0.878 bits per heavy atom. The number of hydrogen-bond acceptors (Lipinski definition) is 7. The van der Waals surface area contributed by atoms with Gasteiger partial charge >= 0.3 is 0 Å². The summed E-state index contributed by atoms with van der Waals surface area (Å²) in [6, 6.07) is 15.6. The lowest BCUT2D eigenvalue weighted by Crippen LogP contribution is -2.36. The molecule has 1 saturated heterocycles. The summed E-state index contributed by atoms with van der Waals surface area (Å²) in [4.78, 5) is 51.3. The van der Waals surface area contributed by atoms with Gasteiger partial charge in [0.2, 0.25) is 5.91 Å². The van der Waals surface area contributed by atoms with Crippen molar-refractivity contribution in [3.05, 3.63) is 86.8 Å².